The van der Waals surface area contributed by atoms with Crippen molar-refractivity contribution in [3.05, 3.63) is 70.7 Å². The Morgan fingerprint density at radius 2 is 1.97 bits per heavy atom. The van der Waals surface area contributed by atoms with Crippen LogP contribution in [0.3, 0.4) is 0 Å². The molecule has 2 aromatic carbocycles. The van der Waals surface area contributed by atoms with E-state index in [1.807, 2.05) is 31.2 Å². The third-order valence-corrected chi connectivity index (χ3v) is 4.59. The van der Waals surface area contributed by atoms with E-state index in [-0.39, 0.29) is 24.8 Å². The van der Waals surface area contributed by atoms with Gasteiger partial charge in [0, 0.05) is 29.2 Å². The highest BCUT2D eigenvalue weighted by Gasteiger charge is 2.07. The number of amides is 2. The van der Waals surface area contributed by atoms with Crippen molar-refractivity contribution >= 4 is 39.5 Å². The van der Waals surface area contributed by atoms with Gasteiger partial charge in [-0.15, -0.1) is 0 Å². The van der Waals surface area contributed by atoms with Crippen LogP contribution in [0.15, 0.2) is 59.6 Å². The number of carbonyl (C=O) groups is 2. The summed E-state index contributed by atoms with van der Waals surface area (Å²) in [5.74, 6) is 0.720. The predicted molar refractivity (Wildman–Crippen MR) is 123 cm³/mol. The molecule has 2 amide bonds. The van der Waals surface area contributed by atoms with Crippen molar-refractivity contribution in [1.29, 1.82) is 0 Å². The van der Waals surface area contributed by atoms with E-state index in [1.165, 1.54) is 6.08 Å². The second kappa shape index (κ2) is 11.8. The molecule has 0 aliphatic carbocycles. The zero-order valence-electron chi connectivity index (χ0n) is 17.0. The maximum Gasteiger partial charge on any atom is 0.244 e. The third kappa shape index (κ3) is 7.40. The number of hydrogen-bond donors (Lipinski definition) is 2. The lowest BCUT2D eigenvalue weighted by atomic mass is 10.2. The summed E-state index contributed by atoms with van der Waals surface area (Å²) in [7, 11) is 1.55. The summed E-state index contributed by atoms with van der Waals surface area (Å²) in [4.78, 5) is 24.1. The van der Waals surface area contributed by atoms with Gasteiger partial charge >= 0.3 is 0 Å². The molecule has 0 heterocycles. The Bertz CT molecular complexity index is 941. The number of anilines is 1. The van der Waals surface area contributed by atoms with Gasteiger partial charge < -0.3 is 20.1 Å². The molecule has 2 rings (SSSR count). The van der Waals surface area contributed by atoms with Crippen LogP contribution in [-0.2, 0) is 9.59 Å². The Balaban J connectivity index is 1.82. The molecule has 2 N–H and O–H groups in total. The number of ether oxygens (including phenoxy) is 2. The Labute approximate surface area is 185 Å². The lowest BCUT2D eigenvalue weighted by molar-refractivity contribution is -0.117. The molecular formula is C23H25BrN2O4. The van der Waals surface area contributed by atoms with Crippen LogP contribution in [0.2, 0.25) is 0 Å². The fourth-order valence-corrected chi connectivity index (χ4v) is 2.89. The van der Waals surface area contributed by atoms with Crippen LogP contribution in [0.1, 0.15) is 17.5 Å². The fourth-order valence-electron chi connectivity index (χ4n) is 2.53. The smallest absolute Gasteiger partial charge is 0.244 e. The van der Waals surface area contributed by atoms with Crippen molar-refractivity contribution < 1.29 is 19.1 Å². The van der Waals surface area contributed by atoms with Crippen LogP contribution in [0, 0.1) is 6.92 Å². The number of rotatable bonds is 10. The van der Waals surface area contributed by atoms with Crippen LogP contribution in [0.25, 0.3) is 6.08 Å². The van der Waals surface area contributed by atoms with Crippen molar-refractivity contribution in [1.82, 2.24) is 5.32 Å². The molecular weight excluding hydrogens is 448 g/mol. The van der Waals surface area contributed by atoms with Gasteiger partial charge in [0.2, 0.25) is 11.8 Å². The van der Waals surface area contributed by atoms with Crippen molar-refractivity contribution in [2.45, 2.75) is 13.3 Å². The number of halogens is 1. The van der Waals surface area contributed by atoms with Gasteiger partial charge in [-0.3, -0.25) is 9.59 Å². The second-order valence-electron chi connectivity index (χ2n) is 6.39. The predicted octanol–water partition coefficient (Wildman–Crippen LogP) is 4.49. The van der Waals surface area contributed by atoms with Gasteiger partial charge in [0.25, 0.3) is 0 Å². The highest BCUT2D eigenvalue weighted by molar-refractivity contribution is 9.10. The van der Waals surface area contributed by atoms with Gasteiger partial charge in [0.05, 0.1) is 7.11 Å². The standard InChI is InChI=1S/C23H25BrN2O4/c1-4-13-30-20-9-6-17(14-21(20)29-3)7-10-22(27)25-12-11-23(28)26-19-15-18(24)8-5-16(19)2/h4-10,14-15H,1,11-13H2,2-3H3,(H,25,27)(H,26,28)/b10-7+. The molecule has 0 spiro atoms. The summed E-state index contributed by atoms with van der Waals surface area (Å²) in [5, 5.41) is 5.55. The molecule has 0 unspecified atom stereocenters. The Kier molecular flexibility index (Phi) is 9.15. The Morgan fingerprint density at radius 3 is 2.70 bits per heavy atom. The van der Waals surface area contributed by atoms with Gasteiger partial charge in [-0.05, 0) is 48.4 Å². The largest absolute Gasteiger partial charge is 0.493 e. The van der Waals surface area contributed by atoms with Gasteiger partial charge in [-0.25, -0.2) is 0 Å². The maximum absolute atomic E-state index is 12.1. The lowest BCUT2D eigenvalue weighted by Crippen LogP contribution is -2.26. The highest BCUT2D eigenvalue weighted by atomic mass is 79.9. The Hall–Kier alpha value is -3.06. The van der Waals surface area contributed by atoms with Gasteiger partial charge in [-0.1, -0.05) is 40.7 Å². The number of aryl methyl sites for hydroxylation is 1. The van der Waals surface area contributed by atoms with Crippen LogP contribution >= 0.6 is 15.9 Å². The third-order valence-electron chi connectivity index (χ3n) is 4.10. The van der Waals surface area contributed by atoms with Crippen molar-refractivity contribution in [2.24, 2.45) is 0 Å². The molecule has 0 radical (unpaired) electrons. The van der Waals surface area contributed by atoms with Crippen LogP contribution in [-0.4, -0.2) is 32.1 Å². The SMILES string of the molecule is C=CCOc1ccc(/C=C/C(=O)NCCC(=O)Nc2cc(Br)ccc2C)cc1OC. The molecule has 6 nitrogen and oxygen atoms in total. The zero-order valence-corrected chi connectivity index (χ0v) is 18.6. The summed E-state index contributed by atoms with van der Waals surface area (Å²) in [5.41, 5.74) is 2.50. The monoisotopic (exact) mass is 472 g/mol. The summed E-state index contributed by atoms with van der Waals surface area (Å²) in [6, 6.07) is 11.0. The van der Waals surface area contributed by atoms with Crippen LogP contribution in [0.4, 0.5) is 5.69 Å². The van der Waals surface area contributed by atoms with E-state index in [1.54, 1.807) is 31.4 Å². The number of carbonyl (C=O) groups excluding carboxylic acids is 2. The summed E-state index contributed by atoms with van der Waals surface area (Å²) < 4.78 is 11.7. The minimum absolute atomic E-state index is 0.166. The van der Waals surface area contributed by atoms with Crippen LogP contribution < -0.4 is 20.1 Å². The molecule has 2 aromatic rings. The quantitative estimate of drug-likeness (QED) is 0.394. The molecule has 0 fully saturated rings. The minimum atomic E-state index is -0.285. The normalized spacial score (nSPS) is 10.5. The summed E-state index contributed by atoms with van der Waals surface area (Å²) >= 11 is 3.38. The van der Waals surface area contributed by atoms with Gasteiger partial charge in [-0.2, -0.15) is 0 Å². The van der Waals surface area contributed by atoms with E-state index in [4.69, 9.17) is 9.47 Å². The molecule has 0 aromatic heterocycles. The van der Waals surface area contributed by atoms with Gasteiger partial charge in [0.1, 0.15) is 6.61 Å². The molecule has 158 valence electrons. The second-order valence-corrected chi connectivity index (χ2v) is 7.31. The zero-order chi connectivity index (χ0) is 21.9. The van der Waals surface area contributed by atoms with Crippen molar-refractivity contribution in [3.63, 3.8) is 0 Å². The Morgan fingerprint density at radius 1 is 1.17 bits per heavy atom. The summed E-state index contributed by atoms with van der Waals surface area (Å²) in [6.07, 6.45) is 4.90. The lowest BCUT2D eigenvalue weighted by Gasteiger charge is -2.10. The number of methoxy groups -OCH3 is 1. The maximum atomic E-state index is 12.1. The number of benzene rings is 2. The summed E-state index contributed by atoms with van der Waals surface area (Å²) in [6.45, 7) is 6.14. The topological polar surface area (TPSA) is 76.7 Å². The van der Waals surface area contributed by atoms with E-state index in [0.29, 0.717) is 18.1 Å². The average Bonchev–Trinajstić information content (AvgIpc) is 2.73. The first kappa shape index (κ1) is 23.2. The molecule has 30 heavy (non-hydrogen) atoms. The highest BCUT2D eigenvalue weighted by Crippen LogP contribution is 2.28. The molecule has 7 heteroatoms. The molecule has 0 saturated carbocycles. The fraction of sp³-hybridized carbons (Fsp3) is 0.217. The first-order chi connectivity index (χ1) is 14.4. The molecule has 0 saturated heterocycles. The van der Waals surface area contributed by atoms with Gasteiger partial charge in [0.15, 0.2) is 11.5 Å². The molecule has 0 aliphatic rings. The number of nitrogens with one attached hydrogen (secondary N) is 2. The van der Waals surface area contributed by atoms with E-state index >= 15 is 0 Å². The van der Waals surface area contributed by atoms with E-state index < -0.39 is 0 Å². The van der Waals surface area contributed by atoms with Crippen molar-refractivity contribution in [3.8, 4) is 11.5 Å². The van der Waals surface area contributed by atoms with Crippen LogP contribution in [0.5, 0.6) is 11.5 Å². The first-order valence-electron chi connectivity index (χ1n) is 9.36. The van der Waals surface area contributed by atoms with E-state index in [9.17, 15) is 9.59 Å². The molecule has 0 aliphatic heterocycles. The average molecular weight is 473 g/mol. The minimum Gasteiger partial charge on any atom is -0.493 e. The van der Waals surface area contributed by atoms with E-state index in [2.05, 4.69) is 33.1 Å². The van der Waals surface area contributed by atoms with E-state index in [0.717, 1.165) is 21.3 Å². The molecule has 0 bridgehead atoms. The number of hydrogen-bond acceptors (Lipinski definition) is 4. The van der Waals surface area contributed by atoms with Crippen molar-refractivity contribution in [2.75, 3.05) is 25.6 Å². The first-order valence-corrected chi connectivity index (χ1v) is 10.2. The molecule has 0 atom stereocenters.